The summed E-state index contributed by atoms with van der Waals surface area (Å²) in [7, 11) is 0. The van der Waals surface area contributed by atoms with Gasteiger partial charge >= 0.3 is 0 Å². The van der Waals surface area contributed by atoms with Gasteiger partial charge in [-0.2, -0.15) is 5.10 Å². The van der Waals surface area contributed by atoms with Gasteiger partial charge in [0.25, 0.3) is 5.91 Å². The van der Waals surface area contributed by atoms with Crippen molar-refractivity contribution < 1.29 is 14.3 Å². The lowest BCUT2D eigenvalue weighted by Crippen LogP contribution is -2.26. The van der Waals surface area contributed by atoms with Crippen LogP contribution >= 0.6 is 11.6 Å². The number of nitrogens with zero attached hydrogens (tertiary/aromatic N) is 1. The fourth-order valence-electron chi connectivity index (χ4n) is 2.61. The normalized spacial score (nSPS) is 12.9. The molecule has 7 heteroatoms. The van der Waals surface area contributed by atoms with Crippen LogP contribution < -0.4 is 20.2 Å². The van der Waals surface area contributed by atoms with Crippen LogP contribution in [0.3, 0.4) is 0 Å². The van der Waals surface area contributed by atoms with E-state index in [1.165, 1.54) is 11.8 Å². The first-order valence-electron chi connectivity index (χ1n) is 8.25. The van der Waals surface area contributed by atoms with E-state index in [1.807, 2.05) is 26.0 Å². The number of anilines is 1. The van der Waals surface area contributed by atoms with Crippen molar-refractivity contribution in [2.24, 2.45) is 5.10 Å². The predicted octanol–water partition coefficient (Wildman–Crippen LogP) is 3.29. The molecule has 0 aromatic heterocycles. The Kier molecular flexibility index (Phi) is 5.63. The first kappa shape index (κ1) is 18.1. The van der Waals surface area contributed by atoms with Crippen LogP contribution in [0.15, 0.2) is 35.4 Å². The minimum atomic E-state index is -0.245. The van der Waals surface area contributed by atoms with E-state index in [2.05, 4.69) is 21.9 Å². The molecular formula is C19H20ClN3O3. The summed E-state index contributed by atoms with van der Waals surface area (Å²) in [4.78, 5) is 11.9. The van der Waals surface area contributed by atoms with E-state index >= 15 is 0 Å². The highest BCUT2D eigenvalue weighted by atomic mass is 35.5. The van der Waals surface area contributed by atoms with Gasteiger partial charge in [-0.1, -0.05) is 29.3 Å². The van der Waals surface area contributed by atoms with E-state index in [4.69, 9.17) is 21.1 Å². The molecule has 0 atom stereocenters. The molecule has 1 amide bonds. The molecule has 26 heavy (non-hydrogen) atoms. The number of halogens is 1. The molecule has 0 unspecified atom stereocenters. The third kappa shape index (κ3) is 4.46. The minimum absolute atomic E-state index is 0.128. The number of fused-ring (bicyclic) bond motifs is 1. The van der Waals surface area contributed by atoms with Gasteiger partial charge in [0.15, 0.2) is 11.5 Å². The summed E-state index contributed by atoms with van der Waals surface area (Å²) in [6.07, 6.45) is 1.51. The molecule has 2 N–H and O–H groups in total. The van der Waals surface area contributed by atoms with Crippen molar-refractivity contribution >= 4 is 29.4 Å². The lowest BCUT2D eigenvalue weighted by atomic mass is 10.1. The van der Waals surface area contributed by atoms with Crippen LogP contribution in [-0.4, -0.2) is 31.9 Å². The van der Waals surface area contributed by atoms with E-state index in [0.717, 1.165) is 11.3 Å². The summed E-state index contributed by atoms with van der Waals surface area (Å²) in [5.41, 5.74) is 6.39. The molecule has 0 fully saturated rings. The molecule has 3 rings (SSSR count). The van der Waals surface area contributed by atoms with Gasteiger partial charge in [0.1, 0.15) is 13.2 Å². The van der Waals surface area contributed by atoms with Gasteiger partial charge in [-0.25, -0.2) is 5.43 Å². The van der Waals surface area contributed by atoms with Crippen molar-refractivity contribution in [1.29, 1.82) is 0 Å². The Morgan fingerprint density at radius 3 is 2.85 bits per heavy atom. The Morgan fingerprint density at radius 2 is 2.04 bits per heavy atom. The molecule has 0 saturated heterocycles. The number of aryl methyl sites for hydroxylation is 2. The molecule has 2 aromatic carbocycles. The molecule has 1 aliphatic heterocycles. The fraction of sp³-hybridized carbons (Fsp3) is 0.263. The number of hydrogen-bond donors (Lipinski definition) is 2. The smallest absolute Gasteiger partial charge is 0.259 e. The molecule has 0 radical (unpaired) electrons. The third-order valence-electron chi connectivity index (χ3n) is 3.84. The Balaban J connectivity index is 1.55. The van der Waals surface area contributed by atoms with Crippen LogP contribution in [0.2, 0.25) is 5.02 Å². The second kappa shape index (κ2) is 8.10. The van der Waals surface area contributed by atoms with Crippen LogP contribution in [0.1, 0.15) is 16.7 Å². The second-order valence-corrected chi connectivity index (χ2v) is 6.40. The minimum Gasteiger partial charge on any atom is -0.486 e. The first-order chi connectivity index (χ1) is 12.5. The highest BCUT2D eigenvalue weighted by molar-refractivity contribution is 6.32. The van der Waals surface area contributed by atoms with Gasteiger partial charge < -0.3 is 14.8 Å². The summed E-state index contributed by atoms with van der Waals surface area (Å²) >= 11 is 6.17. The third-order valence-corrected chi connectivity index (χ3v) is 4.12. The largest absolute Gasteiger partial charge is 0.486 e. The fourth-order valence-corrected chi connectivity index (χ4v) is 2.88. The highest BCUT2D eigenvalue weighted by Crippen LogP contribution is 2.37. The average molecular weight is 374 g/mol. The van der Waals surface area contributed by atoms with E-state index in [1.54, 1.807) is 12.1 Å². The van der Waals surface area contributed by atoms with Gasteiger partial charge in [-0.3, -0.25) is 4.79 Å². The number of amides is 1. The van der Waals surface area contributed by atoms with Crippen molar-refractivity contribution in [2.75, 3.05) is 25.1 Å². The van der Waals surface area contributed by atoms with Gasteiger partial charge in [-0.15, -0.1) is 0 Å². The maximum absolute atomic E-state index is 11.9. The first-order valence-corrected chi connectivity index (χ1v) is 8.63. The monoisotopic (exact) mass is 373 g/mol. The SMILES string of the molecule is Cc1ccc(NCC(=O)N/N=C\c2cc(Cl)c3c(c2)OCCO3)c(C)c1. The zero-order valence-electron chi connectivity index (χ0n) is 14.6. The molecule has 2 aromatic rings. The van der Waals surface area contributed by atoms with Crippen molar-refractivity contribution in [2.45, 2.75) is 13.8 Å². The topological polar surface area (TPSA) is 72.0 Å². The van der Waals surface area contributed by atoms with Crippen molar-refractivity contribution in [3.8, 4) is 11.5 Å². The van der Waals surface area contributed by atoms with Crippen LogP contribution in [0, 0.1) is 13.8 Å². The number of hydrogen-bond acceptors (Lipinski definition) is 5. The van der Waals surface area contributed by atoms with E-state index < -0.39 is 0 Å². The van der Waals surface area contributed by atoms with Crippen LogP contribution in [-0.2, 0) is 4.79 Å². The van der Waals surface area contributed by atoms with E-state index in [9.17, 15) is 4.79 Å². The number of ether oxygens (including phenoxy) is 2. The number of carbonyl (C=O) groups excluding carboxylic acids is 1. The predicted molar refractivity (Wildman–Crippen MR) is 103 cm³/mol. The van der Waals surface area contributed by atoms with Crippen molar-refractivity contribution in [3.05, 3.63) is 52.0 Å². The maximum Gasteiger partial charge on any atom is 0.259 e. The Hall–Kier alpha value is -2.73. The molecular weight excluding hydrogens is 354 g/mol. The number of nitrogens with one attached hydrogen (secondary N) is 2. The van der Waals surface area contributed by atoms with Gasteiger partial charge in [-0.05, 0) is 43.2 Å². The summed E-state index contributed by atoms with van der Waals surface area (Å²) in [5.74, 6) is 0.870. The molecule has 1 aliphatic rings. The molecule has 6 nitrogen and oxygen atoms in total. The Bertz CT molecular complexity index is 852. The second-order valence-electron chi connectivity index (χ2n) is 5.99. The van der Waals surface area contributed by atoms with Gasteiger partial charge in [0, 0.05) is 5.69 Å². The van der Waals surface area contributed by atoms with Crippen LogP contribution in [0.25, 0.3) is 0 Å². The van der Waals surface area contributed by atoms with Gasteiger partial charge in [0.2, 0.25) is 0 Å². The summed E-state index contributed by atoms with van der Waals surface area (Å²) < 4.78 is 11.0. The lowest BCUT2D eigenvalue weighted by molar-refractivity contribution is -0.119. The molecule has 136 valence electrons. The number of hydrazone groups is 1. The number of carbonyl (C=O) groups is 1. The Labute approximate surface area is 157 Å². The molecule has 1 heterocycles. The van der Waals surface area contributed by atoms with Gasteiger partial charge in [0.05, 0.1) is 17.8 Å². The molecule has 0 spiro atoms. The molecule has 0 bridgehead atoms. The lowest BCUT2D eigenvalue weighted by Gasteiger charge is -2.19. The van der Waals surface area contributed by atoms with Crippen LogP contribution in [0.5, 0.6) is 11.5 Å². The number of benzene rings is 2. The number of rotatable bonds is 5. The molecule has 0 saturated carbocycles. The average Bonchev–Trinajstić information content (AvgIpc) is 2.61. The van der Waals surface area contributed by atoms with Crippen molar-refractivity contribution in [3.63, 3.8) is 0 Å². The maximum atomic E-state index is 11.9. The highest BCUT2D eigenvalue weighted by Gasteiger charge is 2.16. The Morgan fingerprint density at radius 1 is 1.23 bits per heavy atom. The van der Waals surface area contributed by atoms with Crippen LogP contribution in [0.4, 0.5) is 5.69 Å². The summed E-state index contributed by atoms with van der Waals surface area (Å²) in [5, 5.41) is 7.51. The summed E-state index contributed by atoms with van der Waals surface area (Å²) in [6.45, 7) is 5.11. The van der Waals surface area contributed by atoms with E-state index in [-0.39, 0.29) is 12.5 Å². The quantitative estimate of drug-likeness (QED) is 0.623. The van der Waals surface area contributed by atoms with E-state index in [0.29, 0.717) is 35.3 Å². The van der Waals surface area contributed by atoms with Crippen molar-refractivity contribution in [1.82, 2.24) is 5.43 Å². The molecule has 0 aliphatic carbocycles. The summed E-state index contributed by atoms with van der Waals surface area (Å²) in [6, 6.07) is 9.49. The zero-order valence-corrected chi connectivity index (χ0v) is 15.4. The standard InChI is InChI=1S/C19H20ClN3O3/c1-12-3-4-16(13(2)7-12)21-11-18(24)23-22-10-14-8-15(20)19-17(9-14)25-5-6-26-19/h3-4,7-10,21H,5-6,11H2,1-2H3,(H,23,24)/b22-10-. The zero-order chi connectivity index (χ0) is 18.5.